The van der Waals surface area contributed by atoms with Gasteiger partial charge in [0.25, 0.3) is 10.0 Å². The smallest absolute Gasteiger partial charge is 0.309 e. The Bertz CT molecular complexity index is 1060. The van der Waals surface area contributed by atoms with Crippen LogP contribution in [0, 0.1) is 17.1 Å². The van der Waals surface area contributed by atoms with Crippen molar-refractivity contribution in [1.29, 1.82) is 5.26 Å². The minimum absolute atomic E-state index is 0.0284. The van der Waals surface area contributed by atoms with Gasteiger partial charge in [-0.2, -0.15) is 13.7 Å². The summed E-state index contributed by atoms with van der Waals surface area (Å²) in [4.78, 5) is -0.460. The van der Waals surface area contributed by atoms with Gasteiger partial charge < -0.3 is 4.18 Å². The molecule has 0 saturated carbocycles. The lowest BCUT2D eigenvalue weighted by molar-refractivity contribution is 0.483. The minimum Gasteiger partial charge on any atom is -0.382 e. The van der Waals surface area contributed by atoms with E-state index < -0.39 is 30.9 Å². The van der Waals surface area contributed by atoms with Gasteiger partial charge in [0, 0.05) is 13.5 Å². The molecule has 0 aliphatic heterocycles. The largest absolute Gasteiger partial charge is 0.382 e. The van der Waals surface area contributed by atoms with E-state index in [4.69, 9.17) is 9.44 Å². The van der Waals surface area contributed by atoms with Crippen molar-refractivity contribution in [3.8, 4) is 11.8 Å². The minimum atomic E-state index is -4.12. The molecule has 0 amide bonds. The van der Waals surface area contributed by atoms with Crippen LogP contribution in [-0.2, 0) is 20.1 Å². The van der Waals surface area contributed by atoms with Crippen LogP contribution in [0.15, 0.2) is 53.4 Å². The highest BCUT2D eigenvalue weighted by molar-refractivity contribution is 7.92. The highest BCUT2D eigenvalue weighted by atomic mass is 32.2. The molecule has 2 rings (SSSR count). The molecular weight excluding hydrogens is 407 g/mol. The van der Waals surface area contributed by atoms with E-state index in [0.29, 0.717) is 12.8 Å². The predicted octanol–water partition coefficient (Wildman–Crippen LogP) is 3.05. The molecule has 10 heteroatoms. The third kappa shape index (κ3) is 5.43. The molecule has 0 spiro atoms. The van der Waals surface area contributed by atoms with E-state index in [9.17, 15) is 21.2 Å². The zero-order valence-corrected chi connectivity index (χ0v) is 16.7. The maximum Gasteiger partial charge on any atom is 0.309 e. The molecule has 7 nitrogen and oxygen atoms in total. The Hall–Kier alpha value is -2.64. The standard InChI is InChI=1S/C18H19FN2O5S2/c1-21(28(24,25)18-8-4-3-7-17(18)19)15-9-11-16(12-10-15)26-27(22,23)14-6-2-5-13-20/h3-4,7-12H,2,5-6,14H2,1H3. The number of unbranched alkanes of at least 4 members (excludes halogenated alkanes) is 2. The molecular formula is C18H19FN2O5S2. The van der Waals surface area contributed by atoms with E-state index >= 15 is 0 Å². The molecule has 0 fully saturated rings. The Labute approximate surface area is 164 Å². The van der Waals surface area contributed by atoms with Crippen LogP contribution in [0.3, 0.4) is 0 Å². The van der Waals surface area contributed by atoms with Gasteiger partial charge in [0.2, 0.25) is 0 Å². The lowest BCUT2D eigenvalue weighted by Crippen LogP contribution is -2.27. The van der Waals surface area contributed by atoms with Crippen molar-refractivity contribution in [3.63, 3.8) is 0 Å². The second kappa shape index (κ2) is 9.03. The third-order valence-corrected chi connectivity index (χ3v) is 6.89. The molecule has 28 heavy (non-hydrogen) atoms. The van der Waals surface area contributed by atoms with E-state index in [1.165, 1.54) is 43.4 Å². The predicted molar refractivity (Wildman–Crippen MR) is 102 cm³/mol. The van der Waals surface area contributed by atoms with Crippen molar-refractivity contribution in [2.75, 3.05) is 17.1 Å². The first-order valence-corrected chi connectivity index (χ1v) is 11.3. The molecule has 150 valence electrons. The lowest BCUT2D eigenvalue weighted by atomic mass is 10.3. The summed E-state index contributed by atoms with van der Waals surface area (Å²) in [6.45, 7) is 0. The topological polar surface area (TPSA) is 105 Å². The quantitative estimate of drug-likeness (QED) is 0.451. The number of nitrogens with zero attached hydrogens (tertiary/aromatic N) is 2. The fourth-order valence-corrected chi connectivity index (χ4v) is 4.63. The van der Waals surface area contributed by atoms with Crippen LogP contribution in [0.25, 0.3) is 0 Å². The number of rotatable bonds is 9. The van der Waals surface area contributed by atoms with Crippen molar-refractivity contribution in [2.45, 2.75) is 24.2 Å². The average Bonchev–Trinajstić information content (AvgIpc) is 2.65. The summed E-state index contributed by atoms with van der Waals surface area (Å²) < 4.78 is 68.7. The van der Waals surface area contributed by atoms with E-state index in [1.54, 1.807) is 0 Å². The summed E-state index contributed by atoms with van der Waals surface area (Å²) in [6, 6.07) is 12.3. The van der Waals surface area contributed by atoms with Gasteiger partial charge in [0.05, 0.1) is 17.5 Å². The highest BCUT2D eigenvalue weighted by Crippen LogP contribution is 2.26. The van der Waals surface area contributed by atoms with Gasteiger partial charge in [-0.05, 0) is 49.2 Å². The molecule has 0 bridgehead atoms. The normalized spacial score (nSPS) is 11.6. The van der Waals surface area contributed by atoms with Crippen LogP contribution in [0.2, 0.25) is 0 Å². The van der Waals surface area contributed by atoms with E-state index in [2.05, 4.69) is 0 Å². The monoisotopic (exact) mass is 426 g/mol. The third-order valence-electron chi connectivity index (χ3n) is 3.83. The van der Waals surface area contributed by atoms with Crippen LogP contribution in [0.4, 0.5) is 10.1 Å². The zero-order chi connectivity index (χ0) is 20.8. The maximum absolute atomic E-state index is 13.9. The summed E-state index contributed by atoms with van der Waals surface area (Å²) in [5.41, 5.74) is 0.210. The molecule has 0 heterocycles. The Morgan fingerprint density at radius 1 is 1.04 bits per heavy atom. The van der Waals surface area contributed by atoms with Gasteiger partial charge in [-0.1, -0.05) is 12.1 Å². The summed E-state index contributed by atoms with van der Waals surface area (Å²) >= 11 is 0. The Morgan fingerprint density at radius 3 is 2.29 bits per heavy atom. The lowest BCUT2D eigenvalue weighted by Gasteiger charge is -2.20. The van der Waals surface area contributed by atoms with Crippen LogP contribution >= 0.6 is 0 Å². The van der Waals surface area contributed by atoms with Gasteiger partial charge >= 0.3 is 10.1 Å². The van der Waals surface area contributed by atoms with Crippen molar-refractivity contribution < 1.29 is 25.4 Å². The fourth-order valence-electron chi connectivity index (χ4n) is 2.32. The second-order valence-electron chi connectivity index (χ2n) is 5.86. The summed E-state index contributed by atoms with van der Waals surface area (Å²) in [7, 11) is -6.66. The van der Waals surface area contributed by atoms with Gasteiger partial charge in [-0.15, -0.1) is 0 Å². The molecule has 0 radical (unpaired) electrons. The highest BCUT2D eigenvalue weighted by Gasteiger charge is 2.24. The maximum atomic E-state index is 13.9. The first-order valence-electron chi connectivity index (χ1n) is 8.30. The molecule has 0 N–H and O–H groups in total. The zero-order valence-electron chi connectivity index (χ0n) is 15.1. The van der Waals surface area contributed by atoms with Crippen molar-refractivity contribution in [2.24, 2.45) is 0 Å². The molecule has 0 aliphatic rings. The van der Waals surface area contributed by atoms with Crippen LogP contribution in [0.5, 0.6) is 5.75 Å². The van der Waals surface area contributed by atoms with Gasteiger partial charge in [0.15, 0.2) is 0 Å². The number of halogens is 1. The molecule has 0 aromatic heterocycles. The van der Waals surface area contributed by atoms with Crippen molar-refractivity contribution >= 4 is 25.8 Å². The molecule has 0 unspecified atom stereocenters. The molecule has 0 saturated heterocycles. The number of nitriles is 1. The van der Waals surface area contributed by atoms with Gasteiger partial charge in [-0.3, -0.25) is 4.31 Å². The number of hydrogen-bond acceptors (Lipinski definition) is 6. The molecule has 0 atom stereocenters. The van der Waals surface area contributed by atoms with Gasteiger partial charge in [-0.25, -0.2) is 12.8 Å². The summed E-state index contributed by atoms with van der Waals surface area (Å²) in [5.74, 6) is -1.06. The fraction of sp³-hybridized carbons (Fsp3) is 0.278. The number of benzene rings is 2. The molecule has 2 aromatic rings. The van der Waals surface area contributed by atoms with Crippen molar-refractivity contribution in [3.05, 3.63) is 54.3 Å². The first-order chi connectivity index (χ1) is 13.2. The Balaban J connectivity index is 2.12. The Morgan fingerprint density at radius 2 is 1.68 bits per heavy atom. The number of hydrogen-bond donors (Lipinski definition) is 0. The van der Waals surface area contributed by atoms with Crippen LogP contribution < -0.4 is 8.49 Å². The van der Waals surface area contributed by atoms with Crippen LogP contribution in [-0.4, -0.2) is 29.6 Å². The molecule has 2 aromatic carbocycles. The second-order valence-corrected chi connectivity index (χ2v) is 9.49. The molecule has 0 aliphatic carbocycles. The van der Waals surface area contributed by atoms with Gasteiger partial charge in [0.1, 0.15) is 16.5 Å². The van der Waals surface area contributed by atoms with E-state index in [1.807, 2.05) is 6.07 Å². The van der Waals surface area contributed by atoms with Crippen molar-refractivity contribution in [1.82, 2.24) is 0 Å². The Kier molecular flexibility index (Phi) is 6.99. The average molecular weight is 426 g/mol. The van der Waals surface area contributed by atoms with Crippen LogP contribution in [0.1, 0.15) is 19.3 Å². The SMILES string of the molecule is CN(c1ccc(OS(=O)(=O)CCCCC#N)cc1)S(=O)(=O)c1ccccc1F. The van der Waals surface area contributed by atoms with E-state index in [-0.39, 0.29) is 23.6 Å². The number of sulfonamides is 1. The summed E-state index contributed by atoms with van der Waals surface area (Å²) in [6.07, 6.45) is 1.03. The number of anilines is 1. The first kappa shape index (κ1) is 21.7. The summed E-state index contributed by atoms with van der Waals surface area (Å²) in [5, 5.41) is 8.45. The van der Waals surface area contributed by atoms with E-state index in [0.717, 1.165) is 16.4 Å².